The van der Waals surface area contributed by atoms with E-state index < -0.39 is 31.6 Å². The van der Waals surface area contributed by atoms with Crippen LogP contribution in [0.25, 0.3) is 0 Å². The van der Waals surface area contributed by atoms with Gasteiger partial charge in [0.1, 0.15) is 11.5 Å². The van der Waals surface area contributed by atoms with Crippen LogP contribution in [0.5, 0.6) is 11.5 Å². The predicted molar refractivity (Wildman–Crippen MR) is 161 cm³/mol. The topological polar surface area (TPSA) is 97.3 Å². The van der Waals surface area contributed by atoms with Gasteiger partial charge in [-0.1, -0.05) is 19.1 Å². The molecular weight excluding hydrogens is 555 g/mol. The van der Waals surface area contributed by atoms with Crippen LogP contribution in [0.3, 0.4) is 0 Å². The van der Waals surface area contributed by atoms with Gasteiger partial charge in [0.25, 0.3) is 11.8 Å². The number of benzene rings is 3. The van der Waals surface area contributed by atoms with Crippen LogP contribution < -0.4 is 19.7 Å². The second kappa shape index (κ2) is 11.5. The maximum absolute atomic E-state index is 15.7. The quantitative estimate of drug-likeness (QED) is 0.246. The van der Waals surface area contributed by atoms with E-state index in [1.807, 2.05) is 31.2 Å². The molecule has 1 saturated heterocycles. The number of hydrogen-bond donors (Lipinski definition) is 2. The summed E-state index contributed by atoms with van der Waals surface area (Å²) in [6.45, 7) is 5.27. The number of nitrogens with zero attached hydrogens (tertiary/aromatic N) is 1. The van der Waals surface area contributed by atoms with Crippen LogP contribution in [0.2, 0.25) is 18.6 Å². The number of nitrogens with one attached hydrogen (secondary N) is 1. The Morgan fingerprint density at radius 3 is 2.29 bits per heavy atom. The van der Waals surface area contributed by atoms with Crippen molar-refractivity contribution in [3.63, 3.8) is 0 Å². The van der Waals surface area contributed by atoms with Crippen molar-refractivity contribution in [1.82, 2.24) is 0 Å². The molecule has 4 atom stereocenters. The molecule has 222 valence electrons. The molecule has 2 N–H and O–H groups in total. The molecule has 0 unspecified atom stereocenters. The molecule has 0 bridgehead atoms. The van der Waals surface area contributed by atoms with Crippen molar-refractivity contribution in [2.45, 2.75) is 50.2 Å². The van der Waals surface area contributed by atoms with E-state index in [1.54, 1.807) is 74.7 Å². The number of halogens is 1. The van der Waals surface area contributed by atoms with Gasteiger partial charge in [-0.3, -0.25) is 9.59 Å². The van der Waals surface area contributed by atoms with E-state index in [4.69, 9.17) is 14.2 Å². The Morgan fingerprint density at radius 1 is 1.05 bits per heavy atom. The fraction of sp³-hybridized carbons (Fsp3) is 0.375. The SMILES string of the molecule is COc1ccc(C(=O)Nc2ccc(CN3C(=O)[C@@]4(O[C@@H](CCO)[C@H]([Si](C)(C)F)[C@H]4C)c4cc(OC)ccc43)cc2)cc1. The molecular formula is C32H37FN2O6Si. The Labute approximate surface area is 246 Å². The van der Waals surface area contributed by atoms with Crippen LogP contribution in [0, 0.1) is 5.92 Å². The summed E-state index contributed by atoms with van der Waals surface area (Å²) in [5.41, 5.74) is 1.46. The lowest BCUT2D eigenvalue weighted by Crippen LogP contribution is -2.45. The smallest absolute Gasteiger partial charge is 0.264 e. The zero-order valence-electron chi connectivity index (χ0n) is 24.5. The molecule has 3 aromatic carbocycles. The summed E-state index contributed by atoms with van der Waals surface area (Å²) in [5, 5.41) is 12.6. The molecule has 42 heavy (non-hydrogen) atoms. The zero-order valence-corrected chi connectivity index (χ0v) is 25.5. The number of fused-ring (bicyclic) bond motifs is 2. The molecule has 0 aliphatic carbocycles. The number of rotatable bonds is 9. The highest BCUT2D eigenvalue weighted by Crippen LogP contribution is 2.60. The maximum Gasteiger partial charge on any atom is 0.264 e. The molecule has 3 aromatic rings. The lowest BCUT2D eigenvalue weighted by atomic mass is 9.82. The molecule has 2 amide bonds. The lowest BCUT2D eigenvalue weighted by Gasteiger charge is -2.31. The van der Waals surface area contributed by atoms with Gasteiger partial charge in [-0.05, 0) is 79.7 Å². The van der Waals surface area contributed by atoms with Crippen molar-refractivity contribution >= 4 is 31.6 Å². The summed E-state index contributed by atoms with van der Waals surface area (Å²) in [7, 11) is -0.147. The Morgan fingerprint density at radius 2 is 1.69 bits per heavy atom. The van der Waals surface area contributed by atoms with Crippen molar-refractivity contribution < 1.29 is 33.0 Å². The average Bonchev–Trinajstić information content (AvgIpc) is 3.40. The number of ether oxygens (including phenoxy) is 3. The van der Waals surface area contributed by atoms with E-state index in [0.29, 0.717) is 34.0 Å². The highest BCUT2D eigenvalue weighted by atomic mass is 28.4. The number of methoxy groups -OCH3 is 2. The van der Waals surface area contributed by atoms with Crippen molar-refractivity contribution in [2.24, 2.45) is 5.92 Å². The molecule has 0 radical (unpaired) electrons. The zero-order chi connectivity index (χ0) is 30.2. The minimum Gasteiger partial charge on any atom is -0.497 e. The van der Waals surface area contributed by atoms with Crippen molar-refractivity contribution in [3.05, 3.63) is 83.4 Å². The van der Waals surface area contributed by atoms with Gasteiger partial charge in [0.2, 0.25) is 8.41 Å². The molecule has 1 fully saturated rings. The van der Waals surface area contributed by atoms with Crippen LogP contribution in [0.1, 0.15) is 34.8 Å². The van der Waals surface area contributed by atoms with Gasteiger partial charge in [-0.25, -0.2) is 0 Å². The molecule has 10 heteroatoms. The minimum absolute atomic E-state index is 0.154. The summed E-state index contributed by atoms with van der Waals surface area (Å²) in [5.74, 6) is 0.304. The number of amides is 2. The van der Waals surface area contributed by atoms with E-state index in [0.717, 1.165) is 5.56 Å². The molecule has 0 saturated carbocycles. The highest BCUT2D eigenvalue weighted by Gasteiger charge is 2.66. The molecule has 2 aliphatic rings. The monoisotopic (exact) mass is 592 g/mol. The lowest BCUT2D eigenvalue weighted by molar-refractivity contribution is -0.146. The first-order valence-corrected chi connectivity index (χ1v) is 17.0. The summed E-state index contributed by atoms with van der Waals surface area (Å²) in [4.78, 5) is 28.7. The van der Waals surface area contributed by atoms with Gasteiger partial charge in [0.05, 0.1) is 32.6 Å². The molecule has 8 nitrogen and oxygen atoms in total. The number of aliphatic hydroxyl groups excluding tert-OH is 1. The number of carbonyl (C=O) groups excluding carboxylic acids is 2. The standard InChI is InChI=1S/C32H37FN2O6Si/c1-20-29(42(4,5)33)28(16-17-36)41-32(20)26-18-25(40-3)14-15-27(26)35(31(32)38)19-21-6-10-23(11-7-21)34-30(37)22-8-12-24(39-2)13-9-22/h6-15,18,20,28-29,36H,16-17,19H2,1-5H3,(H,34,37)/t20-,28+,29-,32+/m1/s1. The van der Waals surface area contributed by atoms with Crippen LogP contribution >= 0.6 is 0 Å². The number of aliphatic hydroxyl groups is 1. The van der Waals surface area contributed by atoms with Crippen molar-refractivity contribution in [3.8, 4) is 11.5 Å². The van der Waals surface area contributed by atoms with Gasteiger partial charge in [0.15, 0.2) is 5.60 Å². The Hall–Kier alpha value is -3.73. The Kier molecular flexibility index (Phi) is 8.15. The average molecular weight is 593 g/mol. The second-order valence-electron chi connectivity index (χ2n) is 11.4. The van der Waals surface area contributed by atoms with Crippen LogP contribution in [-0.4, -0.2) is 52.3 Å². The fourth-order valence-corrected chi connectivity index (χ4v) is 9.07. The summed E-state index contributed by atoms with van der Waals surface area (Å²) < 4.78 is 32.9. The second-order valence-corrected chi connectivity index (χ2v) is 15.2. The Balaban J connectivity index is 1.42. The summed E-state index contributed by atoms with van der Waals surface area (Å²) >= 11 is 0. The van der Waals surface area contributed by atoms with Crippen LogP contribution in [0.15, 0.2) is 66.7 Å². The summed E-state index contributed by atoms with van der Waals surface area (Å²) in [6.07, 6.45) is -0.318. The van der Waals surface area contributed by atoms with Crippen molar-refractivity contribution in [2.75, 3.05) is 31.0 Å². The van der Waals surface area contributed by atoms with E-state index in [2.05, 4.69) is 5.32 Å². The third-order valence-electron chi connectivity index (χ3n) is 8.49. The van der Waals surface area contributed by atoms with Crippen LogP contribution in [0.4, 0.5) is 15.5 Å². The van der Waals surface area contributed by atoms with Crippen LogP contribution in [-0.2, 0) is 21.7 Å². The van der Waals surface area contributed by atoms with Crippen molar-refractivity contribution in [1.29, 1.82) is 0 Å². The van der Waals surface area contributed by atoms with E-state index in [9.17, 15) is 14.7 Å². The predicted octanol–water partition coefficient (Wildman–Crippen LogP) is 5.66. The first-order chi connectivity index (χ1) is 20.0. The normalized spacial score (nSPS) is 23.3. The maximum atomic E-state index is 15.7. The number of anilines is 2. The number of hydrogen-bond acceptors (Lipinski definition) is 6. The molecule has 0 aromatic heterocycles. The first kappa shape index (κ1) is 29.7. The van der Waals surface area contributed by atoms with Gasteiger partial charge in [-0.15, -0.1) is 0 Å². The van der Waals surface area contributed by atoms with E-state index in [-0.39, 0.29) is 31.4 Å². The largest absolute Gasteiger partial charge is 0.497 e. The third kappa shape index (κ3) is 5.19. The van der Waals surface area contributed by atoms with E-state index in [1.165, 1.54) is 0 Å². The van der Waals surface area contributed by atoms with Gasteiger partial charge >= 0.3 is 0 Å². The minimum atomic E-state index is -3.28. The molecule has 5 rings (SSSR count). The molecule has 2 aliphatic heterocycles. The third-order valence-corrected chi connectivity index (χ3v) is 10.9. The van der Waals surface area contributed by atoms with E-state index >= 15 is 4.11 Å². The van der Waals surface area contributed by atoms with Gasteiger partial charge < -0.3 is 33.6 Å². The first-order valence-electron chi connectivity index (χ1n) is 14.1. The van der Waals surface area contributed by atoms with Gasteiger partial charge in [0, 0.05) is 34.9 Å². The molecule has 1 spiro atoms. The highest BCUT2D eigenvalue weighted by molar-refractivity contribution is 6.72. The summed E-state index contributed by atoms with van der Waals surface area (Å²) in [6, 6.07) is 19.6. The van der Waals surface area contributed by atoms with Gasteiger partial charge in [-0.2, -0.15) is 0 Å². The molecule has 2 heterocycles. The Bertz CT molecular complexity index is 1460. The number of carbonyl (C=O) groups is 2. The fourth-order valence-electron chi connectivity index (χ4n) is 6.53.